The number of nitrogens with one attached hydrogen (secondary N) is 1. The third-order valence-corrected chi connectivity index (χ3v) is 5.71. The Morgan fingerprint density at radius 2 is 1.61 bits per heavy atom. The molecule has 33 heavy (non-hydrogen) atoms. The lowest BCUT2D eigenvalue weighted by atomic mass is 10.1. The van der Waals surface area contributed by atoms with E-state index in [4.69, 9.17) is 4.74 Å². The van der Waals surface area contributed by atoms with E-state index in [2.05, 4.69) is 10.2 Å². The Hall–Kier alpha value is -3.71. The minimum atomic E-state index is -0.469. The van der Waals surface area contributed by atoms with E-state index < -0.39 is 4.92 Å². The van der Waals surface area contributed by atoms with Crippen LogP contribution in [0.4, 0.5) is 11.4 Å². The highest BCUT2D eigenvalue weighted by Crippen LogP contribution is 2.28. The highest BCUT2D eigenvalue weighted by atomic mass is 16.6. The predicted molar refractivity (Wildman–Crippen MR) is 127 cm³/mol. The van der Waals surface area contributed by atoms with E-state index in [1.165, 1.54) is 12.1 Å². The van der Waals surface area contributed by atoms with Crippen LogP contribution in [0.15, 0.2) is 72.8 Å². The summed E-state index contributed by atoms with van der Waals surface area (Å²) in [7, 11) is 0. The average molecular weight is 446 g/mol. The quantitative estimate of drug-likeness (QED) is 0.376. The van der Waals surface area contributed by atoms with Crippen LogP contribution < -0.4 is 10.2 Å². The number of carbonyl (C=O) groups is 1. The van der Waals surface area contributed by atoms with E-state index in [-0.39, 0.29) is 11.6 Å². The monoisotopic (exact) mass is 445 g/mol. The zero-order valence-electron chi connectivity index (χ0n) is 18.4. The molecule has 0 radical (unpaired) electrons. The highest BCUT2D eigenvalue weighted by molar-refractivity contribution is 6.00. The summed E-state index contributed by atoms with van der Waals surface area (Å²) in [4.78, 5) is 25.9. The van der Waals surface area contributed by atoms with Crippen LogP contribution in [0.2, 0.25) is 0 Å². The molecule has 0 bridgehead atoms. The molecule has 7 nitrogen and oxygen atoms in total. The number of anilines is 1. The summed E-state index contributed by atoms with van der Waals surface area (Å²) in [6.45, 7) is 3.04. The molecule has 0 aliphatic carbocycles. The van der Waals surface area contributed by atoms with Crippen LogP contribution in [0, 0.1) is 10.1 Å². The van der Waals surface area contributed by atoms with Gasteiger partial charge in [0.25, 0.3) is 11.6 Å². The Morgan fingerprint density at radius 1 is 0.909 bits per heavy atom. The van der Waals surface area contributed by atoms with Gasteiger partial charge in [-0.2, -0.15) is 0 Å². The number of amides is 1. The number of hydrogen-bond donors (Lipinski definition) is 1. The van der Waals surface area contributed by atoms with E-state index in [9.17, 15) is 14.9 Å². The summed E-state index contributed by atoms with van der Waals surface area (Å²) >= 11 is 0. The molecule has 1 amide bonds. The molecule has 1 N–H and O–H groups in total. The van der Waals surface area contributed by atoms with Crippen molar-refractivity contribution < 1.29 is 14.5 Å². The molecule has 0 atom stereocenters. The molecular formula is C26H27N3O4. The molecule has 1 aliphatic heterocycles. The zero-order valence-corrected chi connectivity index (χ0v) is 18.4. The van der Waals surface area contributed by atoms with E-state index >= 15 is 0 Å². The van der Waals surface area contributed by atoms with Crippen molar-refractivity contribution in [2.75, 3.05) is 18.0 Å². The average Bonchev–Trinajstić information content (AvgIpc) is 3.38. The molecule has 3 aromatic carbocycles. The normalized spacial score (nSPS) is 13.2. The van der Waals surface area contributed by atoms with Crippen LogP contribution in [0.5, 0.6) is 0 Å². The van der Waals surface area contributed by atoms with Crippen LogP contribution >= 0.6 is 0 Å². The standard InChI is InChI=1S/C26H27N3O4/c30-26(24-16-23(29(31)32)11-12-25(24)28-13-4-5-14-28)27-17-21-9-6-10-22(15-21)19-33-18-20-7-2-1-3-8-20/h1-3,6-12,15-16H,4-5,13-14,17-19H2,(H,27,30). The van der Waals surface area contributed by atoms with Crippen molar-refractivity contribution >= 4 is 17.3 Å². The summed E-state index contributed by atoms with van der Waals surface area (Å²) in [6.07, 6.45) is 2.11. The van der Waals surface area contributed by atoms with Crippen LogP contribution in [-0.2, 0) is 24.5 Å². The van der Waals surface area contributed by atoms with E-state index in [1.54, 1.807) is 6.07 Å². The third kappa shape index (κ3) is 5.96. The van der Waals surface area contributed by atoms with Gasteiger partial charge in [0.15, 0.2) is 0 Å². The second-order valence-corrected chi connectivity index (χ2v) is 8.13. The maximum Gasteiger partial charge on any atom is 0.270 e. The molecule has 0 saturated carbocycles. The summed E-state index contributed by atoms with van der Waals surface area (Å²) in [6, 6.07) is 22.4. The lowest BCUT2D eigenvalue weighted by Gasteiger charge is -2.21. The molecular weight excluding hydrogens is 418 g/mol. The van der Waals surface area contributed by atoms with Gasteiger partial charge in [0, 0.05) is 31.8 Å². The zero-order chi connectivity index (χ0) is 23.0. The first kappa shape index (κ1) is 22.5. The third-order valence-electron chi connectivity index (χ3n) is 5.71. The first-order valence-electron chi connectivity index (χ1n) is 11.1. The first-order valence-corrected chi connectivity index (χ1v) is 11.1. The van der Waals surface area contributed by atoms with E-state index in [0.29, 0.717) is 25.3 Å². The van der Waals surface area contributed by atoms with Gasteiger partial charge in [-0.25, -0.2) is 0 Å². The molecule has 0 unspecified atom stereocenters. The molecule has 0 aromatic heterocycles. The summed E-state index contributed by atoms with van der Waals surface area (Å²) in [5, 5.41) is 14.2. The number of nitro groups is 1. The molecule has 1 aliphatic rings. The van der Waals surface area contributed by atoms with Gasteiger partial charge in [-0.05, 0) is 35.6 Å². The Labute approximate surface area is 193 Å². The van der Waals surface area contributed by atoms with Crippen molar-refractivity contribution in [1.82, 2.24) is 5.32 Å². The van der Waals surface area contributed by atoms with E-state index in [1.807, 2.05) is 54.6 Å². The van der Waals surface area contributed by atoms with Gasteiger partial charge >= 0.3 is 0 Å². The highest BCUT2D eigenvalue weighted by Gasteiger charge is 2.22. The van der Waals surface area contributed by atoms with Crippen LogP contribution in [0.25, 0.3) is 0 Å². The minimum absolute atomic E-state index is 0.0827. The Bertz CT molecular complexity index is 1110. The Kier molecular flexibility index (Phi) is 7.32. The lowest BCUT2D eigenvalue weighted by molar-refractivity contribution is -0.384. The number of nitrogens with zero attached hydrogens (tertiary/aromatic N) is 2. The van der Waals surface area contributed by atoms with Crippen molar-refractivity contribution in [3.8, 4) is 0 Å². The number of hydrogen-bond acceptors (Lipinski definition) is 5. The largest absolute Gasteiger partial charge is 0.372 e. The molecule has 1 heterocycles. The fraction of sp³-hybridized carbons (Fsp3) is 0.269. The predicted octanol–water partition coefficient (Wildman–Crippen LogP) is 4.84. The van der Waals surface area contributed by atoms with Gasteiger partial charge in [-0.3, -0.25) is 14.9 Å². The van der Waals surface area contributed by atoms with E-state index in [0.717, 1.165) is 48.3 Å². The first-order chi connectivity index (χ1) is 16.1. The van der Waals surface area contributed by atoms with Gasteiger partial charge in [-0.15, -0.1) is 0 Å². The number of ether oxygens (including phenoxy) is 1. The maximum absolute atomic E-state index is 13.0. The maximum atomic E-state index is 13.0. The number of rotatable bonds is 9. The fourth-order valence-electron chi connectivity index (χ4n) is 4.02. The lowest BCUT2D eigenvalue weighted by Crippen LogP contribution is -2.27. The Morgan fingerprint density at radius 3 is 2.36 bits per heavy atom. The summed E-state index contributed by atoms with van der Waals surface area (Å²) < 4.78 is 5.81. The summed E-state index contributed by atoms with van der Waals surface area (Å²) in [5.74, 6) is -0.314. The van der Waals surface area contributed by atoms with Gasteiger partial charge in [0.05, 0.1) is 29.4 Å². The topological polar surface area (TPSA) is 84.7 Å². The fourth-order valence-corrected chi connectivity index (χ4v) is 4.02. The molecule has 7 heteroatoms. The van der Waals surface area contributed by atoms with Gasteiger partial charge in [0.1, 0.15) is 0 Å². The van der Waals surface area contributed by atoms with Crippen LogP contribution in [-0.4, -0.2) is 23.9 Å². The number of nitro benzene ring substituents is 1. The Balaban J connectivity index is 1.39. The second-order valence-electron chi connectivity index (χ2n) is 8.13. The second kappa shape index (κ2) is 10.7. The van der Waals surface area contributed by atoms with Crippen molar-refractivity contribution in [2.24, 2.45) is 0 Å². The number of carbonyl (C=O) groups excluding carboxylic acids is 1. The van der Waals surface area contributed by atoms with Gasteiger partial charge in [-0.1, -0.05) is 54.6 Å². The number of benzene rings is 3. The molecule has 1 fully saturated rings. The van der Waals surface area contributed by atoms with Gasteiger partial charge in [0.2, 0.25) is 0 Å². The van der Waals surface area contributed by atoms with Crippen molar-refractivity contribution in [1.29, 1.82) is 0 Å². The van der Waals surface area contributed by atoms with Crippen molar-refractivity contribution in [3.05, 3.63) is 105 Å². The minimum Gasteiger partial charge on any atom is -0.372 e. The van der Waals surface area contributed by atoms with Crippen molar-refractivity contribution in [2.45, 2.75) is 32.6 Å². The smallest absolute Gasteiger partial charge is 0.270 e. The van der Waals surface area contributed by atoms with Crippen LogP contribution in [0.3, 0.4) is 0 Å². The molecule has 1 saturated heterocycles. The molecule has 170 valence electrons. The van der Waals surface area contributed by atoms with Gasteiger partial charge < -0.3 is 15.0 Å². The molecule has 4 rings (SSSR count). The summed E-state index contributed by atoms with van der Waals surface area (Å²) in [5.41, 5.74) is 4.09. The SMILES string of the molecule is O=C(NCc1cccc(COCc2ccccc2)c1)c1cc([N+](=O)[O-])ccc1N1CCCC1. The molecule has 0 spiro atoms. The van der Waals surface area contributed by atoms with Crippen molar-refractivity contribution in [3.63, 3.8) is 0 Å². The van der Waals surface area contributed by atoms with Crippen LogP contribution in [0.1, 0.15) is 39.9 Å². The molecule has 3 aromatic rings. The number of non-ortho nitro benzene ring substituents is 1.